The maximum Gasteiger partial charge on any atom is 0.417 e. The fourth-order valence-corrected chi connectivity index (χ4v) is 4.77. The van der Waals surface area contributed by atoms with Crippen molar-refractivity contribution >= 4 is 33.3 Å². The van der Waals surface area contributed by atoms with Gasteiger partial charge in [-0.1, -0.05) is 35.9 Å². The lowest BCUT2D eigenvalue weighted by Crippen LogP contribution is -2.17. The fourth-order valence-electron chi connectivity index (χ4n) is 3.46. The summed E-state index contributed by atoms with van der Waals surface area (Å²) >= 11 is 5.95. The predicted molar refractivity (Wildman–Crippen MR) is 133 cm³/mol. The Balaban J connectivity index is 1.59. The van der Waals surface area contributed by atoms with Gasteiger partial charge in [0.15, 0.2) is 5.69 Å². The second-order valence-corrected chi connectivity index (χ2v) is 10.1. The van der Waals surface area contributed by atoms with Gasteiger partial charge in [0, 0.05) is 18.2 Å². The van der Waals surface area contributed by atoms with E-state index < -0.39 is 44.7 Å². The van der Waals surface area contributed by atoms with Crippen molar-refractivity contribution in [2.24, 2.45) is 0 Å². The number of aromatic amines is 1. The van der Waals surface area contributed by atoms with E-state index in [1.807, 2.05) is 0 Å². The molecule has 0 spiro atoms. The van der Waals surface area contributed by atoms with Gasteiger partial charge in [-0.05, 0) is 35.9 Å². The van der Waals surface area contributed by atoms with Crippen molar-refractivity contribution in [3.8, 4) is 17.1 Å². The van der Waals surface area contributed by atoms with Crippen molar-refractivity contribution in [3.63, 3.8) is 0 Å². The van der Waals surface area contributed by atoms with Gasteiger partial charge in [-0.15, -0.1) is 0 Å². The van der Waals surface area contributed by atoms with Crippen LogP contribution in [0, 0.1) is 0 Å². The number of halogens is 4. The molecule has 0 atom stereocenters. The van der Waals surface area contributed by atoms with E-state index in [4.69, 9.17) is 11.6 Å². The summed E-state index contributed by atoms with van der Waals surface area (Å²) in [4.78, 5) is 32.8. The Morgan fingerprint density at radius 2 is 1.77 bits per heavy atom. The number of hydrogen-bond donors (Lipinski definition) is 4. The zero-order valence-corrected chi connectivity index (χ0v) is 20.9. The third kappa shape index (κ3) is 6.02. The third-order valence-corrected chi connectivity index (χ3v) is 7.08. The normalized spacial score (nSPS) is 11.8. The van der Waals surface area contributed by atoms with Crippen LogP contribution in [0.15, 0.2) is 70.5 Å². The molecule has 0 saturated carbocycles. The molecule has 2 aromatic heterocycles. The molecule has 0 aliphatic rings. The number of hydrogen-bond acceptors (Lipinski definition) is 7. The Morgan fingerprint density at radius 1 is 1.10 bits per heavy atom. The summed E-state index contributed by atoms with van der Waals surface area (Å²) in [7, 11) is -4.21. The van der Waals surface area contributed by atoms with Crippen LogP contribution in [0.1, 0.15) is 27.3 Å². The van der Waals surface area contributed by atoms with Crippen LogP contribution in [0.4, 0.5) is 18.9 Å². The number of carbonyl (C=O) groups is 1. The van der Waals surface area contributed by atoms with E-state index in [1.54, 1.807) is 0 Å². The highest BCUT2D eigenvalue weighted by Gasteiger charge is 2.31. The van der Waals surface area contributed by atoms with E-state index in [-0.39, 0.29) is 39.1 Å². The standard InChI is InChI=1S/C24H16ClF3N4O6S/c25-16-10-13(24(26,27)28)11-29-18(16)9-12-5-7-14(8-6-12)39(37,38)32-17-4-2-1-3-15(17)21-30-19(23(35)36)20(33)22(34)31-21/h1-8,10-11,32-33H,9H2,(H,35,36)(H,30,31,34). The van der Waals surface area contributed by atoms with Crippen molar-refractivity contribution in [1.29, 1.82) is 0 Å². The minimum absolute atomic E-state index is 0.0281. The maximum atomic E-state index is 13.1. The molecule has 4 rings (SSSR count). The fraction of sp³-hybridized carbons (Fsp3) is 0.0833. The minimum atomic E-state index is -4.59. The molecule has 4 aromatic rings. The van der Waals surface area contributed by atoms with E-state index in [0.717, 1.165) is 6.07 Å². The molecule has 2 aromatic carbocycles. The van der Waals surface area contributed by atoms with Gasteiger partial charge in [0.2, 0.25) is 5.75 Å². The molecule has 0 unspecified atom stereocenters. The lowest BCUT2D eigenvalue weighted by Gasteiger charge is -2.13. The topological polar surface area (TPSA) is 162 Å². The molecule has 0 radical (unpaired) electrons. The van der Waals surface area contributed by atoms with Crippen LogP contribution in [0.2, 0.25) is 5.02 Å². The zero-order valence-electron chi connectivity index (χ0n) is 19.3. The van der Waals surface area contributed by atoms with Crippen molar-refractivity contribution in [1.82, 2.24) is 15.0 Å². The largest absolute Gasteiger partial charge is 0.501 e. The van der Waals surface area contributed by atoms with Crippen molar-refractivity contribution in [2.45, 2.75) is 17.5 Å². The molecular weight excluding hydrogens is 565 g/mol. The summed E-state index contributed by atoms with van der Waals surface area (Å²) in [5.74, 6) is -3.06. The second-order valence-electron chi connectivity index (χ2n) is 8.04. The number of sulfonamides is 1. The highest BCUT2D eigenvalue weighted by atomic mass is 35.5. The van der Waals surface area contributed by atoms with Gasteiger partial charge in [0.1, 0.15) is 5.82 Å². The van der Waals surface area contributed by atoms with Gasteiger partial charge in [-0.25, -0.2) is 18.2 Å². The van der Waals surface area contributed by atoms with E-state index in [0.29, 0.717) is 11.8 Å². The number of aromatic nitrogens is 3. The molecule has 0 amide bonds. The number of pyridine rings is 1. The molecule has 15 heteroatoms. The predicted octanol–water partition coefficient (Wildman–Crippen LogP) is 4.30. The Morgan fingerprint density at radius 3 is 2.38 bits per heavy atom. The molecular formula is C24H16ClF3N4O6S. The Bertz CT molecular complexity index is 1740. The van der Waals surface area contributed by atoms with Crippen molar-refractivity contribution in [2.75, 3.05) is 4.72 Å². The molecule has 0 fully saturated rings. The number of nitrogens with one attached hydrogen (secondary N) is 2. The highest BCUT2D eigenvalue weighted by molar-refractivity contribution is 7.92. The first-order valence-corrected chi connectivity index (χ1v) is 12.6. The summed E-state index contributed by atoms with van der Waals surface area (Å²) in [6.07, 6.45) is -3.89. The zero-order chi connectivity index (χ0) is 28.5. The highest BCUT2D eigenvalue weighted by Crippen LogP contribution is 2.32. The smallest absolute Gasteiger partial charge is 0.417 e. The number of nitrogens with zero attached hydrogens (tertiary/aromatic N) is 2. The van der Waals surface area contributed by atoms with Crippen LogP contribution in [0.3, 0.4) is 0 Å². The number of para-hydroxylation sites is 1. The lowest BCUT2D eigenvalue weighted by molar-refractivity contribution is -0.137. The van der Waals surface area contributed by atoms with Crippen LogP contribution >= 0.6 is 11.6 Å². The van der Waals surface area contributed by atoms with E-state index >= 15 is 0 Å². The van der Waals surface area contributed by atoms with Crippen LogP contribution in [0.25, 0.3) is 11.4 Å². The third-order valence-electron chi connectivity index (χ3n) is 5.37. The lowest BCUT2D eigenvalue weighted by atomic mass is 10.1. The molecule has 39 heavy (non-hydrogen) atoms. The molecule has 0 aliphatic heterocycles. The van der Waals surface area contributed by atoms with Crippen LogP contribution in [0.5, 0.6) is 5.75 Å². The second kappa shape index (κ2) is 10.4. The average Bonchev–Trinajstić information content (AvgIpc) is 2.86. The number of aromatic hydroxyl groups is 1. The van der Waals surface area contributed by atoms with Gasteiger partial charge in [0.05, 0.1) is 26.9 Å². The van der Waals surface area contributed by atoms with E-state index in [9.17, 15) is 41.4 Å². The number of H-pyrrole nitrogens is 1. The Hall–Kier alpha value is -4.43. The number of aromatic carboxylic acids is 1. The summed E-state index contributed by atoms with van der Waals surface area (Å²) in [6, 6.07) is 11.9. The SMILES string of the molecule is O=C(O)c1nc(-c2ccccc2NS(=O)(=O)c2ccc(Cc3ncc(C(F)(F)F)cc3Cl)cc2)[nH]c(=O)c1O. The number of alkyl halides is 3. The van der Waals surface area contributed by atoms with Crippen molar-refractivity contribution < 1.29 is 36.6 Å². The Kier molecular flexibility index (Phi) is 7.35. The monoisotopic (exact) mass is 580 g/mol. The number of benzene rings is 2. The molecule has 0 bridgehead atoms. The first-order chi connectivity index (χ1) is 18.3. The first kappa shape index (κ1) is 27.6. The van der Waals surface area contributed by atoms with Gasteiger partial charge in [-0.3, -0.25) is 14.5 Å². The number of anilines is 1. The summed E-state index contributed by atoms with van der Waals surface area (Å²) in [5.41, 5.74) is -2.36. The molecule has 202 valence electrons. The maximum absolute atomic E-state index is 13.1. The van der Waals surface area contributed by atoms with Crippen molar-refractivity contribution in [3.05, 3.63) is 98.7 Å². The average molecular weight is 581 g/mol. The van der Waals surface area contributed by atoms with Gasteiger partial charge >= 0.3 is 12.1 Å². The number of carboxylic acids is 1. The Labute approximate surface area is 222 Å². The summed E-state index contributed by atoms with van der Waals surface area (Å²) in [6.45, 7) is 0. The molecule has 0 aliphatic carbocycles. The van der Waals surface area contributed by atoms with E-state index in [2.05, 4.69) is 19.7 Å². The van der Waals surface area contributed by atoms with Crippen LogP contribution < -0.4 is 10.3 Å². The summed E-state index contributed by atoms with van der Waals surface area (Å²) < 4.78 is 66.9. The van der Waals surface area contributed by atoms with E-state index in [1.165, 1.54) is 48.5 Å². The number of carboxylic acid groups (broad SMARTS) is 1. The molecule has 2 heterocycles. The minimum Gasteiger partial charge on any atom is -0.501 e. The van der Waals surface area contributed by atoms with Gasteiger partial charge in [-0.2, -0.15) is 13.2 Å². The quantitative estimate of drug-likeness (QED) is 0.251. The van der Waals surface area contributed by atoms with Crippen LogP contribution in [-0.4, -0.2) is 39.6 Å². The van der Waals surface area contributed by atoms with Gasteiger partial charge in [0.25, 0.3) is 15.6 Å². The first-order valence-electron chi connectivity index (χ1n) is 10.8. The molecule has 0 saturated heterocycles. The molecule has 4 N–H and O–H groups in total. The summed E-state index contributed by atoms with van der Waals surface area (Å²) in [5, 5.41) is 18.7. The van der Waals surface area contributed by atoms with Gasteiger partial charge < -0.3 is 15.2 Å². The number of rotatable bonds is 7. The molecule has 10 nitrogen and oxygen atoms in total. The van der Waals surface area contributed by atoms with Crippen LogP contribution in [-0.2, 0) is 22.6 Å².